The summed E-state index contributed by atoms with van der Waals surface area (Å²) in [7, 11) is 0. The van der Waals surface area contributed by atoms with Gasteiger partial charge in [-0.1, -0.05) is 12.1 Å². The molecule has 0 radical (unpaired) electrons. The maximum absolute atomic E-state index is 12.0. The Morgan fingerprint density at radius 3 is 2.39 bits per heavy atom. The van der Waals surface area contributed by atoms with Gasteiger partial charge in [0.2, 0.25) is 0 Å². The summed E-state index contributed by atoms with van der Waals surface area (Å²) in [4.78, 5) is 23.6. The van der Waals surface area contributed by atoms with Gasteiger partial charge in [0, 0.05) is 18.8 Å². The van der Waals surface area contributed by atoms with E-state index in [0.29, 0.717) is 6.54 Å². The van der Waals surface area contributed by atoms with Gasteiger partial charge in [-0.15, -0.1) is 0 Å². The number of phenolic OH excluding ortho intramolecular Hbond substituents is 1. The van der Waals surface area contributed by atoms with Crippen molar-refractivity contribution in [2.75, 3.05) is 0 Å². The van der Waals surface area contributed by atoms with Crippen LogP contribution in [0.25, 0.3) is 0 Å². The van der Waals surface area contributed by atoms with Crippen LogP contribution in [0.15, 0.2) is 46.1 Å². The van der Waals surface area contributed by atoms with Gasteiger partial charge in [0.1, 0.15) is 5.75 Å². The molecule has 0 bridgehead atoms. The van der Waals surface area contributed by atoms with Crippen LogP contribution >= 0.6 is 0 Å². The van der Waals surface area contributed by atoms with Crippen molar-refractivity contribution in [3.05, 3.63) is 62.9 Å². The molecular weight excluding hydrogens is 232 g/mol. The highest BCUT2D eigenvalue weighted by atomic mass is 16.3. The third-order valence-corrected chi connectivity index (χ3v) is 2.76. The lowest BCUT2D eigenvalue weighted by atomic mass is 10.2. The molecule has 0 aliphatic heterocycles. The Labute approximate surface area is 104 Å². The van der Waals surface area contributed by atoms with Crippen molar-refractivity contribution in [1.82, 2.24) is 9.13 Å². The summed E-state index contributed by atoms with van der Waals surface area (Å²) in [6, 6.07) is 7.81. The van der Waals surface area contributed by atoms with Crippen molar-refractivity contribution in [1.29, 1.82) is 0 Å². The second-order valence-electron chi connectivity index (χ2n) is 3.98. The number of phenols is 1. The largest absolute Gasteiger partial charge is 0.508 e. The summed E-state index contributed by atoms with van der Waals surface area (Å²) >= 11 is 0. The van der Waals surface area contributed by atoms with Crippen LogP contribution in [0.3, 0.4) is 0 Å². The predicted molar refractivity (Wildman–Crippen MR) is 67.8 cm³/mol. The molecule has 1 aromatic heterocycles. The Kier molecular flexibility index (Phi) is 3.32. The Morgan fingerprint density at radius 2 is 1.78 bits per heavy atom. The molecule has 0 fully saturated rings. The molecule has 0 unspecified atom stereocenters. The van der Waals surface area contributed by atoms with E-state index < -0.39 is 0 Å². The van der Waals surface area contributed by atoms with Gasteiger partial charge in [-0.2, -0.15) is 0 Å². The molecule has 1 heterocycles. The normalized spacial score (nSPS) is 10.5. The molecule has 0 saturated carbocycles. The lowest BCUT2D eigenvalue weighted by Gasteiger charge is -2.08. The molecule has 5 heteroatoms. The van der Waals surface area contributed by atoms with E-state index in [1.54, 1.807) is 12.1 Å². The molecule has 2 aromatic rings. The fraction of sp³-hybridized carbons (Fsp3) is 0.231. The lowest BCUT2D eigenvalue weighted by Crippen LogP contribution is -2.38. The number of nitrogens with zero attached hydrogens (tertiary/aromatic N) is 2. The van der Waals surface area contributed by atoms with Crippen LogP contribution < -0.4 is 11.2 Å². The van der Waals surface area contributed by atoms with E-state index in [0.717, 1.165) is 5.56 Å². The quantitative estimate of drug-likeness (QED) is 0.870. The van der Waals surface area contributed by atoms with Crippen molar-refractivity contribution >= 4 is 0 Å². The average molecular weight is 246 g/mol. The second-order valence-corrected chi connectivity index (χ2v) is 3.98. The van der Waals surface area contributed by atoms with Gasteiger partial charge in [0.05, 0.1) is 6.54 Å². The summed E-state index contributed by atoms with van der Waals surface area (Å²) in [5.41, 5.74) is 0.150. The zero-order valence-electron chi connectivity index (χ0n) is 10.0. The number of hydrogen-bond donors (Lipinski definition) is 1. The molecule has 0 aliphatic rings. The van der Waals surface area contributed by atoms with E-state index in [4.69, 9.17) is 0 Å². The first-order chi connectivity index (χ1) is 8.61. The molecule has 2 rings (SSSR count). The second kappa shape index (κ2) is 4.91. The Hall–Kier alpha value is -2.30. The summed E-state index contributed by atoms with van der Waals surface area (Å²) < 4.78 is 2.65. The molecule has 0 amide bonds. The van der Waals surface area contributed by atoms with E-state index in [9.17, 15) is 14.7 Å². The third kappa shape index (κ3) is 2.34. The molecule has 1 N–H and O–H groups in total. The summed E-state index contributed by atoms with van der Waals surface area (Å²) in [6.07, 6.45) is 1.50. The number of benzene rings is 1. The fourth-order valence-corrected chi connectivity index (χ4v) is 1.73. The first-order valence-corrected chi connectivity index (χ1v) is 5.70. The van der Waals surface area contributed by atoms with Crippen LogP contribution in [-0.2, 0) is 13.1 Å². The summed E-state index contributed by atoms with van der Waals surface area (Å²) in [5, 5.41) is 9.18. The van der Waals surface area contributed by atoms with Crippen molar-refractivity contribution in [2.24, 2.45) is 0 Å². The number of aromatic nitrogens is 2. The molecule has 0 aliphatic carbocycles. The van der Waals surface area contributed by atoms with E-state index in [2.05, 4.69) is 0 Å². The molecule has 0 saturated heterocycles. The van der Waals surface area contributed by atoms with Crippen LogP contribution in [0.4, 0.5) is 0 Å². The third-order valence-electron chi connectivity index (χ3n) is 2.76. The standard InChI is InChI=1S/C13H14N2O3/c1-2-14-8-7-12(17)15(13(14)18)9-10-3-5-11(16)6-4-10/h3-8,16H,2,9H2,1H3. The molecule has 0 spiro atoms. The van der Waals surface area contributed by atoms with Gasteiger partial charge in [0.15, 0.2) is 0 Å². The highest BCUT2D eigenvalue weighted by Crippen LogP contribution is 2.09. The van der Waals surface area contributed by atoms with Gasteiger partial charge < -0.3 is 9.67 Å². The maximum atomic E-state index is 12.0. The smallest absolute Gasteiger partial charge is 0.331 e. The SMILES string of the molecule is CCn1ccc(=O)n(Cc2ccc(O)cc2)c1=O. The van der Waals surface area contributed by atoms with E-state index in [1.165, 1.54) is 33.5 Å². The molecule has 0 atom stereocenters. The maximum Gasteiger partial charge on any atom is 0.331 e. The highest BCUT2D eigenvalue weighted by molar-refractivity contribution is 5.26. The Morgan fingerprint density at radius 1 is 1.11 bits per heavy atom. The number of rotatable bonds is 3. The number of aromatic hydroxyl groups is 1. The summed E-state index contributed by atoms with van der Waals surface area (Å²) in [5.74, 6) is 0.158. The minimum Gasteiger partial charge on any atom is -0.508 e. The van der Waals surface area contributed by atoms with Crippen LogP contribution in [0.5, 0.6) is 5.75 Å². The number of hydrogen-bond acceptors (Lipinski definition) is 3. The Balaban J connectivity index is 2.43. The monoisotopic (exact) mass is 246 g/mol. The molecule has 94 valence electrons. The van der Waals surface area contributed by atoms with Crippen molar-refractivity contribution in [3.8, 4) is 5.75 Å². The fourth-order valence-electron chi connectivity index (χ4n) is 1.73. The zero-order valence-corrected chi connectivity index (χ0v) is 10.0. The number of aryl methyl sites for hydroxylation is 1. The van der Waals surface area contributed by atoms with Crippen LogP contribution in [-0.4, -0.2) is 14.2 Å². The van der Waals surface area contributed by atoms with Crippen molar-refractivity contribution in [3.63, 3.8) is 0 Å². The topological polar surface area (TPSA) is 64.2 Å². The average Bonchev–Trinajstić information content (AvgIpc) is 2.37. The minimum absolute atomic E-state index is 0.158. The highest BCUT2D eigenvalue weighted by Gasteiger charge is 2.04. The summed E-state index contributed by atoms with van der Waals surface area (Å²) in [6.45, 7) is 2.57. The van der Waals surface area contributed by atoms with Gasteiger partial charge in [0.25, 0.3) is 5.56 Å². The van der Waals surface area contributed by atoms with Gasteiger partial charge in [-0.25, -0.2) is 4.79 Å². The van der Waals surface area contributed by atoms with E-state index in [1.807, 2.05) is 6.92 Å². The molecule has 1 aromatic carbocycles. The first-order valence-electron chi connectivity index (χ1n) is 5.70. The van der Waals surface area contributed by atoms with Crippen LogP contribution in [0.2, 0.25) is 0 Å². The van der Waals surface area contributed by atoms with Crippen LogP contribution in [0.1, 0.15) is 12.5 Å². The predicted octanol–water partition coefficient (Wildman–Crippen LogP) is 0.784. The zero-order chi connectivity index (χ0) is 13.1. The van der Waals surface area contributed by atoms with Crippen LogP contribution in [0, 0.1) is 0 Å². The van der Waals surface area contributed by atoms with Gasteiger partial charge in [-0.05, 0) is 24.6 Å². The molecule has 18 heavy (non-hydrogen) atoms. The first kappa shape index (κ1) is 12.2. The molecule has 5 nitrogen and oxygen atoms in total. The molecular formula is C13H14N2O3. The van der Waals surface area contributed by atoms with Gasteiger partial charge >= 0.3 is 5.69 Å². The van der Waals surface area contributed by atoms with Gasteiger partial charge in [-0.3, -0.25) is 9.36 Å². The lowest BCUT2D eigenvalue weighted by molar-refractivity contribution is 0.475. The van der Waals surface area contributed by atoms with E-state index in [-0.39, 0.29) is 23.5 Å². The van der Waals surface area contributed by atoms with Crippen molar-refractivity contribution in [2.45, 2.75) is 20.0 Å². The Bertz CT molecular complexity index is 653. The minimum atomic E-state index is -0.322. The van der Waals surface area contributed by atoms with E-state index >= 15 is 0 Å². The van der Waals surface area contributed by atoms with Crippen molar-refractivity contribution < 1.29 is 5.11 Å².